The Morgan fingerprint density at radius 2 is 1.98 bits per heavy atom. The second-order valence-corrected chi connectivity index (χ2v) is 10.1. The molecule has 9 nitrogen and oxygen atoms in total. The van der Waals surface area contributed by atoms with Crippen molar-refractivity contribution >= 4 is 28.6 Å². The van der Waals surface area contributed by atoms with Crippen molar-refractivity contribution in [3.8, 4) is 17.1 Å². The fourth-order valence-corrected chi connectivity index (χ4v) is 4.89. The van der Waals surface area contributed by atoms with Gasteiger partial charge in [0.2, 0.25) is 5.88 Å². The van der Waals surface area contributed by atoms with Gasteiger partial charge in [-0.25, -0.2) is 23.5 Å². The van der Waals surface area contributed by atoms with Gasteiger partial charge in [-0.2, -0.15) is 5.10 Å². The van der Waals surface area contributed by atoms with Crippen molar-refractivity contribution in [2.75, 3.05) is 6.61 Å². The van der Waals surface area contributed by atoms with E-state index in [1.807, 2.05) is 4.57 Å². The van der Waals surface area contributed by atoms with Crippen LogP contribution in [0.1, 0.15) is 33.9 Å². The molecule has 1 fully saturated rings. The van der Waals surface area contributed by atoms with Gasteiger partial charge in [0.25, 0.3) is 0 Å². The summed E-state index contributed by atoms with van der Waals surface area (Å²) >= 11 is 6.01. The van der Waals surface area contributed by atoms with E-state index >= 15 is 8.78 Å². The number of aryl methyl sites for hydroxylation is 1. The Hall–Kier alpha value is -4.35. The number of imidazole rings is 1. The van der Waals surface area contributed by atoms with Crippen LogP contribution in [0.3, 0.4) is 0 Å². The van der Waals surface area contributed by atoms with Gasteiger partial charge in [0.1, 0.15) is 34.9 Å². The molecule has 0 amide bonds. The Bertz CT molecular complexity index is 1760. The van der Waals surface area contributed by atoms with Crippen molar-refractivity contribution < 1.29 is 28.2 Å². The van der Waals surface area contributed by atoms with E-state index in [2.05, 4.69) is 15.1 Å². The number of carboxylic acids is 1. The van der Waals surface area contributed by atoms with Crippen LogP contribution < -0.4 is 4.74 Å². The molecule has 2 aromatic carbocycles. The summed E-state index contributed by atoms with van der Waals surface area (Å²) in [4.78, 5) is 20.5. The predicted octanol–water partition coefficient (Wildman–Crippen LogP) is 5.42. The van der Waals surface area contributed by atoms with E-state index in [-0.39, 0.29) is 47.4 Å². The summed E-state index contributed by atoms with van der Waals surface area (Å²) in [7, 11) is 1.71. The summed E-state index contributed by atoms with van der Waals surface area (Å²) in [6, 6.07) is 13.4. The molecule has 5 aromatic rings. The fourth-order valence-electron chi connectivity index (χ4n) is 4.73. The Morgan fingerprint density at radius 1 is 1.15 bits per heavy atom. The number of ether oxygens (including phenoxy) is 2. The molecule has 1 N–H and O–H groups in total. The third-order valence-corrected chi connectivity index (χ3v) is 7.33. The van der Waals surface area contributed by atoms with E-state index < -0.39 is 17.6 Å². The highest BCUT2D eigenvalue weighted by atomic mass is 35.5. The van der Waals surface area contributed by atoms with Gasteiger partial charge >= 0.3 is 5.97 Å². The van der Waals surface area contributed by atoms with Crippen LogP contribution in [0.5, 0.6) is 5.88 Å². The molecule has 1 unspecified atom stereocenters. The number of hydrogen-bond donors (Lipinski definition) is 1. The molecular formula is C29H24ClF2N5O4. The summed E-state index contributed by atoms with van der Waals surface area (Å²) in [5, 5.41) is 14.1. The van der Waals surface area contributed by atoms with Gasteiger partial charge < -0.3 is 19.1 Å². The summed E-state index contributed by atoms with van der Waals surface area (Å²) in [5.74, 6) is -1.63. The fraction of sp³-hybridized carbons (Fsp3) is 0.241. The Kier molecular flexibility index (Phi) is 7.14. The highest BCUT2D eigenvalue weighted by molar-refractivity contribution is 6.29. The molecule has 210 valence electrons. The molecule has 1 atom stereocenters. The number of benzene rings is 2. The molecule has 0 bridgehead atoms. The maximum absolute atomic E-state index is 15.4. The van der Waals surface area contributed by atoms with Crippen molar-refractivity contribution in [2.45, 2.75) is 32.1 Å². The lowest BCUT2D eigenvalue weighted by Crippen LogP contribution is -2.31. The van der Waals surface area contributed by atoms with Gasteiger partial charge in [-0.1, -0.05) is 17.7 Å². The summed E-state index contributed by atoms with van der Waals surface area (Å²) in [5.41, 5.74) is 2.18. The lowest BCUT2D eigenvalue weighted by atomic mass is 10.0. The van der Waals surface area contributed by atoms with Crippen molar-refractivity contribution in [3.05, 3.63) is 94.0 Å². The van der Waals surface area contributed by atoms with E-state index in [0.717, 1.165) is 18.6 Å². The minimum absolute atomic E-state index is 0.00392. The Balaban J connectivity index is 1.27. The van der Waals surface area contributed by atoms with E-state index in [1.165, 1.54) is 16.8 Å². The van der Waals surface area contributed by atoms with Gasteiger partial charge in [-0.15, -0.1) is 0 Å². The topological polar surface area (TPSA) is 104 Å². The van der Waals surface area contributed by atoms with Crippen LogP contribution in [0.25, 0.3) is 22.3 Å². The molecule has 12 heteroatoms. The molecule has 41 heavy (non-hydrogen) atoms. The average Bonchev–Trinajstić information content (AvgIpc) is 3.44. The molecule has 0 saturated carbocycles. The number of fused-ring (bicyclic) bond motifs is 1. The first-order chi connectivity index (χ1) is 19.7. The van der Waals surface area contributed by atoms with Gasteiger partial charge in [0, 0.05) is 37.8 Å². The van der Waals surface area contributed by atoms with Crippen LogP contribution in [-0.2, 0) is 31.4 Å². The number of halogens is 3. The maximum Gasteiger partial charge on any atom is 0.335 e. The van der Waals surface area contributed by atoms with Crippen LogP contribution in [0.2, 0.25) is 5.15 Å². The molecule has 0 radical (unpaired) electrons. The number of carboxylic acid groups (broad SMARTS) is 1. The lowest BCUT2D eigenvalue weighted by molar-refractivity contribution is -0.0589. The Morgan fingerprint density at radius 3 is 2.68 bits per heavy atom. The monoisotopic (exact) mass is 579 g/mol. The smallest absolute Gasteiger partial charge is 0.335 e. The number of pyridine rings is 1. The first-order valence-corrected chi connectivity index (χ1v) is 13.2. The van der Waals surface area contributed by atoms with Crippen molar-refractivity contribution in [2.24, 2.45) is 7.05 Å². The van der Waals surface area contributed by atoms with Crippen molar-refractivity contribution in [3.63, 3.8) is 0 Å². The van der Waals surface area contributed by atoms with Crippen LogP contribution in [0, 0.1) is 11.6 Å². The quantitative estimate of drug-likeness (QED) is 0.249. The largest absolute Gasteiger partial charge is 0.478 e. The second-order valence-electron chi connectivity index (χ2n) is 9.76. The highest BCUT2D eigenvalue weighted by Crippen LogP contribution is 2.29. The van der Waals surface area contributed by atoms with Crippen LogP contribution in [0.15, 0.2) is 54.6 Å². The first kappa shape index (κ1) is 26.9. The lowest BCUT2D eigenvalue weighted by Gasteiger charge is -2.27. The van der Waals surface area contributed by atoms with Gasteiger partial charge in [0.15, 0.2) is 0 Å². The van der Waals surface area contributed by atoms with Gasteiger partial charge in [-0.3, -0.25) is 4.68 Å². The number of carbonyl (C=O) groups is 1. The number of rotatable bonds is 9. The minimum Gasteiger partial charge on any atom is -0.478 e. The Labute approximate surface area is 237 Å². The van der Waals surface area contributed by atoms with Gasteiger partial charge in [0.05, 0.1) is 34.9 Å². The molecule has 1 aliphatic heterocycles. The highest BCUT2D eigenvalue weighted by Gasteiger charge is 2.23. The zero-order valence-corrected chi connectivity index (χ0v) is 22.6. The number of nitrogens with zero attached hydrogens (tertiary/aromatic N) is 5. The van der Waals surface area contributed by atoms with Crippen molar-refractivity contribution in [1.29, 1.82) is 0 Å². The van der Waals surface area contributed by atoms with Crippen LogP contribution in [-0.4, -0.2) is 48.1 Å². The summed E-state index contributed by atoms with van der Waals surface area (Å²) in [6.07, 6.45) is 0.787. The zero-order valence-electron chi connectivity index (χ0n) is 21.9. The third-order valence-electron chi connectivity index (χ3n) is 6.98. The van der Waals surface area contributed by atoms with E-state index in [0.29, 0.717) is 40.9 Å². The molecule has 0 spiro atoms. The molecule has 1 saturated heterocycles. The number of hydrogen-bond acceptors (Lipinski definition) is 6. The predicted molar refractivity (Wildman–Crippen MR) is 146 cm³/mol. The molecule has 3 aromatic heterocycles. The van der Waals surface area contributed by atoms with E-state index in [4.69, 9.17) is 21.1 Å². The summed E-state index contributed by atoms with van der Waals surface area (Å²) < 4.78 is 45.4. The molecule has 6 rings (SSSR count). The van der Waals surface area contributed by atoms with E-state index in [1.54, 1.807) is 37.4 Å². The SMILES string of the molecule is Cn1nc(COc2cccc(-c3cc(F)c(Cc4nc5ccc(C(=O)O)cc5n4CC4CCO4)cc3F)n2)cc1Cl. The molecule has 0 aliphatic carbocycles. The second kappa shape index (κ2) is 10.9. The first-order valence-electron chi connectivity index (χ1n) is 12.9. The minimum atomic E-state index is -1.06. The number of aromatic nitrogens is 5. The van der Waals surface area contributed by atoms with Gasteiger partial charge in [-0.05, 0) is 48.4 Å². The number of aromatic carboxylic acids is 1. The summed E-state index contributed by atoms with van der Waals surface area (Å²) in [6.45, 7) is 1.18. The molecule has 4 heterocycles. The average molecular weight is 580 g/mol. The maximum atomic E-state index is 15.4. The zero-order chi connectivity index (χ0) is 28.7. The normalized spacial score (nSPS) is 14.8. The van der Waals surface area contributed by atoms with Crippen molar-refractivity contribution in [1.82, 2.24) is 24.3 Å². The molecule has 1 aliphatic rings. The third kappa shape index (κ3) is 5.50. The van der Waals surface area contributed by atoms with Crippen LogP contribution >= 0.6 is 11.6 Å². The van der Waals surface area contributed by atoms with E-state index in [9.17, 15) is 9.90 Å². The van der Waals surface area contributed by atoms with Crippen LogP contribution in [0.4, 0.5) is 8.78 Å². The molecular weight excluding hydrogens is 556 g/mol. The standard InChI is InChI=1S/C29H24ClF2N5O4/c1-36-26(30)12-18(35-36)15-41-28-4-2-3-23(34-28)20-13-21(31)17(9-22(20)32)11-27-33-24-6-5-16(29(38)39)10-25(24)37(27)14-19-7-8-40-19/h2-6,9-10,12-13,19H,7-8,11,14-15H2,1H3,(H,38,39).